The summed E-state index contributed by atoms with van der Waals surface area (Å²) in [6.45, 7) is 1.72. The molecular formula is C11H11ClN2O3. The minimum Gasteiger partial charge on any atom is -0.353 e. The molecule has 0 aliphatic carbocycles. The minimum absolute atomic E-state index is 0.0199. The molecule has 0 aliphatic heterocycles. The number of nitrogens with zero attached hydrogens (tertiary/aromatic N) is 1. The Labute approximate surface area is 103 Å². The Morgan fingerprint density at radius 1 is 1.59 bits per heavy atom. The molecule has 0 spiro atoms. The zero-order valence-electron chi connectivity index (χ0n) is 9.14. The standard InChI is InChI=1S/C11H11ClN2O3/c1-8(15)13-6-2-3-9-7-10(12)4-5-11(9)14(16)17/h2-5,7H,6H2,1H3,(H,13,15). The van der Waals surface area contributed by atoms with Crippen molar-refractivity contribution >= 4 is 29.3 Å². The molecule has 1 amide bonds. The lowest BCUT2D eigenvalue weighted by Gasteiger charge is -1.99. The molecule has 0 fully saturated rings. The van der Waals surface area contributed by atoms with Crippen LogP contribution in [0.15, 0.2) is 24.3 Å². The van der Waals surface area contributed by atoms with Crippen LogP contribution in [0.5, 0.6) is 0 Å². The molecule has 1 aromatic carbocycles. The van der Waals surface area contributed by atoms with E-state index in [4.69, 9.17) is 11.6 Å². The van der Waals surface area contributed by atoms with Gasteiger partial charge in [-0.05, 0) is 12.1 Å². The zero-order valence-corrected chi connectivity index (χ0v) is 9.90. The summed E-state index contributed by atoms with van der Waals surface area (Å²) in [5.74, 6) is -0.157. The third kappa shape index (κ3) is 4.24. The van der Waals surface area contributed by atoms with Crippen LogP contribution in [-0.2, 0) is 4.79 Å². The maximum Gasteiger partial charge on any atom is 0.276 e. The molecule has 17 heavy (non-hydrogen) atoms. The van der Waals surface area contributed by atoms with Gasteiger partial charge < -0.3 is 5.32 Å². The van der Waals surface area contributed by atoms with Gasteiger partial charge in [0.15, 0.2) is 0 Å². The highest BCUT2D eigenvalue weighted by molar-refractivity contribution is 6.30. The fourth-order valence-corrected chi connectivity index (χ4v) is 1.39. The highest BCUT2D eigenvalue weighted by atomic mass is 35.5. The third-order valence-corrected chi connectivity index (χ3v) is 2.19. The number of nitro groups is 1. The van der Waals surface area contributed by atoms with E-state index >= 15 is 0 Å². The van der Waals surface area contributed by atoms with Gasteiger partial charge in [0.05, 0.1) is 10.5 Å². The van der Waals surface area contributed by atoms with Gasteiger partial charge in [-0.1, -0.05) is 23.8 Å². The number of amides is 1. The predicted octanol–water partition coefficient (Wildman–Crippen LogP) is 2.40. The maximum atomic E-state index is 10.7. The monoisotopic (exact) mass is 254 g/mol. The molecule has 6 heteroatoms. The summed E-state index contributed by atoms with van der Waals surface area (Å²) < 4.78 is 0. The number of halogens is 1. The second-order valence-electron chi connectivity index (χ2n) is 3.30. The first-order valence-electron chi connectivity index (χ1n) is 4.85. The van der Waals surface area contributed by atoms with Gasteiger partial charge in [-0.3, -0.25) is 14.9 Å². The van der Waals surface area contributed by atoms with E-state index < -0.39 is 4.92 Å². The summed E-state index contributed by atoms with van der Waals surface area (Å²) in [6, 6.07) is 4.31. The summed E-state index contributed by atoms with van der Waals surface area (Å²) in [5, 5.41) is 13.7. The van der Waals surface area contributed by atoms with E-state index in [0.29, 0.717) is 17.1 Å². The lowest BCUT2D eigenvalue weighted by Crippen LogP contribution is -2.19. The number of hydrogen-bond acceptors (Lipinski definition) is 3. The molecule has 0 radical (unpaired) electrons. The summed E-state index contributed by atoms with van der Waals surface area (Å²) in [4.78, 5) is 20.9. The molecule has 0 heterocycles. The van der Waals surface area contributed by atoms with E-state index in [1.165, 1.54) is 25.1 Å². The Hall–Kier alpha value is -1.88. The van der Waals surface area contributed by atoms with E-state index in [1.807, 2.05) is 0 Å². The van der Waals surface area contributed by atoms with Gasteiger partial charge >= 0.3 is 0 Å². The van der Waals surface area contributed by atoms with Gasteiger partial charge in [0.25, 0.3) is 5.69 Å². The molecule has 90 valence electrons. The Morgan fingerprint density at radius 2 is 2.29 bits per heavy atom. The summed E-state index contributed by atoms with van der Waals surface area (Å²) in [6.07, 6.45) is 3.18. The lowest BCUT2D eigenvalue weighted by atomic mass is 10.1. The number of nitro benzene ring substituents is 1. The Kier molecular flexibility index (Phi) is 4.66. The van der Waals surface area contributed by atoms with E-state index in [2.05, 4.69) is 5.32 Å². The van der Waals surface area contributed by atoms with E-state index in [-0.39, 0.29) is 11.6 Å². The number of rotatable bonds is 4. The van der Waals surface area contributed by atoms with Gasteiger partial charge in [-0.2, -0.15) is 0 Å². The molecule has 0 bridgehead atoms. The van der Waals surface area contributed by atoms with Gasteiger partial charge in [0.2, 0.25) is 5.91 Å². The van der Waals surface area contributed by atoms with Gasteiger partial charge in [-0.25, -0.2) is 0 Å². The Balaban J connectivity index is 2.85. The molecule has 0 atom stereocenters. The summed E-state index contributed by atoms with van der Waals surface area (Å²) in [5.41, 5.74) is 0.390. The van der Waals surface area contributed by atoms with Crippen LogP contribution in [0.1, 0.15) is 12.5 Å². The largest absolute Gasteiger partial charge is 0.353 e. The number of carbonyl (C=O) groups excluding carboxylic acids is 1. The molecule has 5 nitrogen and oxygen atoms in total. The summed E-state index contributed by atoms with van der Waals surface area (Å²) >= 11 is 5.76. The first kappa shape index (κ1) is 13.2. The van der Waals surface area contributed by atoms with Crippen LogP contribution in [0.3, 0.4) is 0 Å². The second kappa shape index (κ2) is 6.00. The van der Waals surface area contributed by atoms with Crippen molar-refractivity contribution in [1.29, 1.82) is 0 Å². The average Bonchev–Trinajstić information content (AvgIpc) is 2.23. The van der Waals surface area contributed by atoms with Gasteiger partial charge in [-0.15, -0.1) is 0 Å². The smallest absolute Gasteiger partial charge is 0.276 e. The first-order valence-corrected chi connectivity index (χ1v) is 5.23. The van der Waals surface area contributed by atoms with Crippen LogP contribution in [-0.4, -0.2) is 17.4 Å². The SMILES string of the molecule is CC(=O)NCC=Cc1cc(Cl)ccc1[N+](=O)[O-]. The van der Waals surface area contributed by atoms with Crippen LogP contribution in [0, 0.1) is 10.1 Å². The number of nitrogens with one attached hydrogen (secondary N) is 1. The van der Waals surface area contributed by atoms with Crippen LogP contribution in [0.25, 0.3) is 6.08 Å². The van der Waals surface area contributed by atoms with Crippen molar-refractivity contribution in [2.45, 2.75) is 6.92 Å². The zero-order chi connectivity index (χ0) is 12.8. The molecule has 0 saturated heterocycles. The van der Waals surface area contributed by atoms with Gasteiger partial charge in [0.1, 0.15) is 0 Å². The topological polar surface area (TPSA) is 72.2 Å². The van der Waals surface area contributed by atoms with Crippen LogP contribution >= 0.6 is 11.6 Å². The lowest BCUT2D eigenvalue weighted by molar-refractivity contribution is -0.385. The van der Waals surface area contributed by atoms with Crippen molar-refractivity contribution < 1.29 is 9.72 Å². The number of hydrogen-bond donors (Lipinski definition) is 1. The van der Waals surface area contributed by atoms with Crippen molar-refractivity contribution in [3.8, 4) is 0 Å². The number of benzene rings is 1. The summed E-state index contributed by atoms with van der Waals surface area (Å²) in [7, 11) is 0. The van der Waals surface area contributed by atoms with Crippen LogP contribution < -0.4 is 5.32 Å². The fourth-order valence-electron chi connectivity index (χ4n) is 1.21. The predicted molar refractivity (Wildman–Crippen MR) is 65.8 cm³/mol. The van der Waals surface area contributed by atoms with Crippen molar-refractivity contribution in [1.82, 2.24) is 5.32 Å². The fraction of sp³-hybridized carbons (Fsp3) is 0.182. The first-order chi connectivity index (χ1) is 8.00. The van der Waals surface area contributed by atoms with Crippen molar-refractivity contribution in [2.75, 3.05) is 6.54 Å². The molecule has 0 unspecified atom stereocenters. The quantitative estimate of drug-likeness (QED) is 0.662. The van der Waals surface area contributed by atoms with Gasteiger partial charge in [0, 0.05) is 24.6 Å². The van der Waals surface area contributed by atoms with E-state index in [1.54, 1.807) is 12.2 Å². The highest BCUT2D eigenvalue weighted by Gasteiger charge is 2.10. The van der Waals surface area contributed by atoms with Crippen molar-refractivity contribution in [2.24, 2.45) is 0 Å². The molecule has 0 aliphatic rings. The average molecular weight is 255 g/mol. The van der Waals surface area contributed by atoms with E-state index in [0.717, 1.165) is 0 Å². The Bertz CT molecular complexity index is 472. The highest BCUT2D eigenvalue weighted by Crippen LogP contribution is 2.23. The maximum absolute atomic E-state index is 10.7. The van der Waals surface area contributed by atoms with E-state index in [9.17, 15) is 14.9 Å². The molecule has 1 rings (SSSR count). The number of carbonyl (C=O) groups is 1. The van der Waals surface area contributed by atoms with Crippen LogP contribution in [0.4, 0.5) is 5.69 Å². The van der Waals surface area contributed by atoms with Crippen LogP contribution in [0.2, 0.25) is 5.02 Å². The van der Waals surface area contributed by atoms with Crippen molar-refractivity contribution in [3.05, 3.63) is 45.0 Å². The Morgan fingerprint density at radius 3 is 2.88 bits per heavy atom. The normalized spacial score (nSPS) is 10.5. The molecule has 0 saturated carbocycles. The molecule has 1 N–H and O–H groups in total. The second-order valence-corrected chi connectivity index (χ2v) is 3.74. The molecular weight excluding hydrogens is 244 g/mol. The molecule has 0 aromatic heterocycles. The minimum atomic E-state index is -0.478. The molecule has 1 aromatic rings. The third-order valence-electron chi connectivity index (χ3n) is 1.95. The van der Waals surface area contributed by atoms with Crippen molar-refractivity contribution in [3.63, 3.8) is 0 Å².